The highest BCUT2D eigenvalue weighted by Crippen LogP contribution is 2.33. The first-order valence-electron chi connectivity index (χ1n) is 11.1. The van der Waals surface area contributed by atoms with Crippen LogP contribution in [0.4, 0.5) is 5.95 Å². The van der Waals surface area contributed by atoms with Crippen molar-refractivity contribution < 1.29 is 14.3 Å². The van der Waals surface area contributed by atoms with Crippen molar-refractivity contribution in [3.63, 3.8) is 0 Å². The van der Waals surface area contributed by atoms with Gasteiger partial charge < -0.3 is 19.8 Å². The minimum absolute atomic E-state index is 0.320. The maximum Gasteiger partial charge on any atom is 0.298 e. The van der Waals surface area contributed by atoms with E-state index < -0.39 is 0 Å². The summed E-state index contributed by atoms with van der Waals surface area (Å²) in [5, 5.41) is 4.93. The van der Waals surface area contributed by atoms with E-state index >= 15 is 0 Å². The van der Waals surface area contributed by atoms with E-state index in [1.165, 1.54) is 0 Å². The smallest absolute Gasteiger partial charge is 0.298 e. The number of hydrogen-bond acceptors (Lipinski definition) is 7. The van der Waals surface area contributed by atoms with Crippen LogP contribution >= 0.6 is 27.5 Å². The van der Waals surface area contributed by atoms with Crippen molar-refractivity contribution in [2.45, 2.75) is 33.2 Å². The molecule has 0 saturated heterocycles. The Labute approximate surface area is 216 Å². The minimum Gasteiger partial charge on any atom is -0.477 e. The van der Waals surface area contributed by atoms with Crippen LogP contribution in [0.5, 0.6) is 11.6 Å². The van der Waals surface area contributed by atoms with Crippen molar-refractivity contribution in [2.75, 3.05) is 12.3 Å². The van der Waals surface area contributed by atoms with Crippen molar-refractivity contribution in [3.05, 3.63) is 45.7 Å². The zero-order valence-electron chi connectivity index (χ0n) is 19.7. The molecule has 35 heavy (non-hydrogen) atoms. The van der Waals surface area contributed by atoms with Crippen molar-refractivity contribution >= 4 is 51.0 Å². The number of rotatable bonds is 10. The molecule has 1 atom stereocenters. The van der Waals surface area contributed by atoms with Gasteiger partial charge in [-0.25, -0.2) is 9.67 Å². The molecule has 3 heterocycles. The molecule has 2 N–H and O–H groups in total. The normalized spacial score (nSPS) is 12.1. The van der Waals surface area contributed by atoms with Gasteiger partial charge in [-0.3, -0.25) is 9.78 Å². The predicted molar refractivity (Wildman–Crippen MR) is 139 cm³/mol. The number of imidazole rings is 1. The van der Waals surface area contributed by atoms with Gasteiger partial charge in [0.05, 0.1) is 40.1 Å². The van der Waals surface area contributed by atoms with Crippen LogP contribution in [0.25, 0.3) is 22.3 Å². The number of ether oxygens (including phenoxy) is 2. The van der Waals surface area contributed by atoms with E-state index in [1.807, 2.05) is 30.7 Å². The van der Waals surface area contributed by atoms with E-state index in [2.05, 4.69) is 37.9 Å². The molecule has 184 valence electrons. The number of fused-ring (bicyclic) bond motifs is 1. The second-order valence-electron chi connectivity index (χ2n) is 8.44. The Morgan fingerprint density at radius 2 is 2.09 bits per heavy atom. The van der Waals surface area contributed by atoms with E-state index in [4.69, 9.17) is 26.8 Å². The van der Waals surface area contributed by atoms with Gasteiger partial charge >= 0.3 is 0 Å². The monoisotopic (exact) mass is 560 g/mol. The fraction of sp³-hybridized carbons (Fsp3) is 0.333. The number of carbonyl (C=O) groups is 1. The minimum atomic E-state index is 0.320. The summed E-state index contributed by atoms with van der Waals surface area (Å²) in [5.41, 5.74) is 9.88. The van der Waals surface area contributed by atoms with Crippen molar-refractivity contribution in [1.29, 1.82) is 0 Å². The molecule has 0 unspecified atom stereocenters. The molecule has 0 fully saturated rings. The second kappa shape index (κ2) is 10.7. The predicted octanol–water partition coefficient (Wildman–Crippen LogP) is 5.17. The number of aromatic nitrogens is 5. The Morgan fingerprint density at radius 1 is 1.29 bits per heavy atom. The first-order valence-corrected chi connectivity index (χ1v) is 12.3. The highest BCUT2D eigenvalue weighted by atomic mass is 79.9. The second-order valence-corrected chi connectivity index (χ2v) is 9.67. The summed E-state index contributed by atoms with van der Waals surface area (Å²) >= 11 is 9.98. The summed E-state index contributed by atoms with van der Waals surface area (Å²) in [5.74, 6) is 1.80. The zero-order valence-corrected chi connectivity index (χ0v) is 22.0. The average Bonchev–Trinajstić information content (AvgIpc) is 3.33. The Hall–Kier alpha value is -3.11. The molecule has 0 amide bonds. The largest absolute Gasteiger partial charge is 0.477 e. The van der Waals surface area contributed by atoms with Gasteiger partial charge in [0.25, 0.3) is 6.47 Å². The van der Waals surface area contributed by atoms with Crippen LogP contribution in [-0.2, 0) is 18.4 Å². The molecule has 0 saturated carbocycles. The molecule has 4 aromatic rings. The molecule has 1 aromatic carbocycles. The van der Waals surface area contributed by atoms with Crippen molar-refractivity contribution in [1.82, 2.24) is 24.3 Å². The number of aryl methyl sites for hydroxylation is 2. The summed E-state index contributed by atoms with van der Waals surface area (Å²) in [6.07, 6.45) is 3.44. The number of benzene rings is 1. The number of halogens is 2. The Morgan fingerprint density at radius 3 is 2.86 bits per heavy atom. The summed E-state index contributed by atoms with van der Waals surface area (Å²) in [6, 6.07) is 7.16. The third-order valence-electron chi connectivity index (χ3n) is 5.67. The van der Waals surface area contributed by atoms with Crippen LogP contribution in [0.3, 0.4) is 0 Å². The van der Waals surface area contributed by atoms with E-state index in [0.29, 0.717) is 53.8 Å². The fourth-order valence-corrected chi connectivity index (χ4v) is 4.62. The number of pyridine rings is 1. The van der Waals surface area contributed by atoms with Crippen LogP contribution in [0.1, 0.15) is 25.5 Å². The molecule has 0 aliphatic heterocycles. The first kappa shape index (κ1) is 25.0. The lowest BCUT2D eigenvalue weighted by molar-refractivity contribution is -0.120. The lowest BCUT2D eigenvalue weighted by Crippen LogP contribution is -2.12. The topological polar surface area (TPSA) is 110 Å². The molecule has 0 spiro atoms. The quantitative estimate of drug-likeness (QED) is 0.210. The first-order chi connectivity index (χ1) is 16.8. The number of hydrogen-bond donors (Lipinski definition) is 1. The van der Waals surface area contributed by atoms with Gasteiger partial charge in [-0.1, -0.05) is 18.5 Å². The van der Waals surface area contributed by atoms with Gasteiger partial charge in [0.2, 0.25) is 11.8 Å². The lowest BCUT2D eigenvalue weighted by Gasteiger charge is -2.15. The Bertz CT molecular complexity index is 1370. The highest BCUT2D eigenvalue weighted by molar-refractivity contribution is 9.10. The number of nitrogens with two attached hydrogens (primary N) is 1. The van der Waals surface area contributed by atoms with Crippen molar-refractivity contribution in [2.24, 2.45) is 13.0 Å². The highest BCUT2D eigenvalue weighted by Gasteiger charge is 2.17. The maximum absolute atomic E-state index is 10.7. The Balaban J connectivity index is 1.40. The summed E-state index contributed by atoms with van der Waals surface area (Å²) in [6.45, 7) is 5.60. The number of anilines is 1. The molecule has 9 nitrogen and oxygen atoms in total. The molecular weight excluding hydrogens is 536 g/mol. The molecule has 0 aliphatic rings. The molecule has 11 heteroatoms. The molecule has 4 rings (SSSR count). The van der Waals surface area contributed by atoms with Gasteiger partial charge in [0.1, 0.15) is 5.75 Å². The van der Waals surface area contributed by atoms with Gasteiger partial charge in [0, 0.05) is 35.9 Å². The van der Waals surface area contributed by atoms with E-state index in [9.17, 15) is 4.79 Å². The zero-order chi connectivity index (χ0) is 25.1. The lowest BCUT2D eigenvalue weighted by atomic mass is 10.1. The molecule has 3 aromatic heterocycles. The van der Waals surface area contributed by atoms with Crippen LogP contribution in [0, 0.1) is 12.8 Å². The third kappa shape index (κ3) is 5.43. The van der Waals surface area contributed by atoms with Gasteiger partial charge in [-0.15, -0.1) is 0 Å². The maximum atomic E-state index is 10.7. The van der Waals surface area contributed by atoms with Crippen molar-refractivity contribution in [3.8, 4) is 22.9 Å². The Kier molecular flexibility index (Phi) is 7.61. The SMILES string of the molecule is Cc1cc(OC=O)cc(-c2cnn(C)c2OCCC[C@@H](C)Cn2c(N)nc3ccc(Br)c(Cl)c32)n1. The van der Waals surface area contributed by atoms with E-state index in [-0.39, 0.29) is 0 Å². The fourth-order valence-electron chi connectivity index (χ4n) is 4.04. The van der Waals surface area contributed by atoms with Crippen LogP contribution in [0.15, 0.2) is 34.9 Å². The number of nitrogens with zero attached hydrogens (tertiary/aromatic N) is 5. The van der Waals surface area contributed by atoms with Crippen LogP contribution < -0.4 is 15.2 Å². The molecule has 0 aliphatic carbocycles. The average molecular weight is 562 g/mol. The number of carbonyl (C=O) groups excluding carboxylic acids is 1. The van der Waals surface area contributed by atoms with E-state index in [1.54, 1.807) is 23.0 Å². The van der Waals surface area contributed by atoms with Gasteiger partial charge in [-0.2, -0.15) is 5.10 Å². The van der Waals surface area contributed by atoms with Crippen LogP contribution in [0.2, 0.25) is 5.02 Å². The standard InChI is InChI=1S/C24H26BrClN6O3/c1-14(12-32-22-19(30-24(32)27)7-6-18(25)21(22)26)5-4-8-34-23-17(11-28-31(23)3)20-10-16(35-13-33)9-15(2)29-20/h6-7,9-11,13-14H,4-5,8,12H2,1-3H3,(H2,27,30)/t14-/m1/s1. The third-order valence-corrected chi connectivity index (χ3v) is 6.95. The summed E-state index contributed by atoms with van der Waals surface area (Å²) in [4.78, 5) is 19.7. The van der Waals surface area contributed by atoms with Gasteiger partial charge in [0.15, 0.2) is 0 Å². The number of nitrogen functional groups attached to an aromatic ring is 1. The summed E-state index contributed by atoms with van der Waals surface area (Å²) < 4.78 is 15.5. The van der Waals surface area contributed by atoms with E-state index in [0.717, 1.165) is 39.6 Å². The molecular formula is C24H26BrClN6O3. The van der Waals surface area contributed by atoms with Gasteiger partial charge in [-0.05, 0) is 53.7 Å². The molecule has 0 radical (unpaired) electrons. The molecule has 0 bridgehead atoms. The summed E-state index contributed by atoms with van der Waals surface area (Å²) in [7, 11) is 1.81. The van der Waals surface area contributed by atoms with Crippen LogP contribution in [-0.4, -0.2) is 37.4 Å².